The maximum Gasteiger partial charge on any atom is 0.241 e. The van der Waals surface area contributed by atoms with Gasteiger partial charge in [0.05, 0.1) is 6.42 Å². The maximum atomic E-state index is 12.3. The number of amides is 2. The number of benzene rings is 1. The Morgan fingerprint density at radius 2 is 1.95 bits per heavy atom. The zero-order valence-electron chi connectivity index (χ0n) is 11.1. The number of primary amides is 1. The molecule has 1 saturated heterocycles. The molecule has 1 heterocycles. The Morgan fingerprint density at radius 3 is 2.58 bits per heavy atom. The fourth-order valence-corrected chi connectivity index (χ4v) is 2.33. The summed E-state index contributed by atoms with van der Waals surface area (Å²) in [5.41, 5.74) is 6.34. The number of hydrogen-bond acceptors (Lipinski definition) is 3. The Bertz CT molecular complexity index is 461. The zero-order chi connectivity index (χ0) is 13.8. The third-order valence-corrected chi connectivity index (χ3v) is 3.43. The van der Waals surface area contributed by atoms with Crippen LogP contribution in [0.3, 0.4) is 0 Å². The highest BCUT2D eigenvalue weighted by Crippen LogP contribution is 2.11. The predicted molar refractivity (Wildman–Crippen MR) is 72.3 cm³/mol. The molecule has 2 amide bonds. The second-order valence-electron chi connectivity index (χ2n) is 4.93. The molecule has 1 aliphatic heterocycles. The molecule has 1 aromatic rings. The van der Waals surface area contributed by atoms with E-state index in [1.807, 2.05) is 42.3 Å². The van der Waals surface area contributed by atoms with E-state index in [-0.39, 0.29) is 5.91 Å². The van der Waals surface area contributed by atoms with Crippen molar-refractivity contribution in [1.29, 1.82) is 0 Å². The van der Waals surface area contributed by atoms with E-state index in [0.29, 0.717) is 19.5 Å². The Hall–Kier alpha value is -1.88. The van der Waals surface area contributed by atoms with Crippen molar-refractivity contribution >= 4 is 11.8 Å². The summed E-state index contributed by atoms with van der Waals surface area (Å²) in [5.74, 6) is -0.476. The molecule has 19 heavy (non-hydrogen) atoms. The average molecular weight is 261 g/mol. The maximum absolute atomic E-state index is 12.3. The van der Waals surface area contributed by atoms with E-state index < -0.39 is 11.9 Å². The molecule has 1 aromatic carbocycles. The molecule has 5 nitrogen and oxygen atoms in total. The van der Waals surface area contributed by atoms with Crippen molar-refractivity contribution in [2.75, 3.05) is 26.7 Å². The van der Waals surface area contributed by atoms with Crippen LogP contribution in [0.5, 0.6) is 0 Å². The van der Waals surface area contributed by atoms with Gasteiger partial charge in [-0.05, 0) is 12.6 Å². The molecule has 2 rings (SSSR count). The fourth-order valence-electron chi connectivity index (χ4n) is 2.33. The predicted octanol–water partition coefficient (Wildman–Crippen LogP) is -0.143. The molecule has 0 aliphatic carbocycles. The average Bonchev–Trinajstić information content (AvgIpc) is 2.39. The topological polar surface area (TPSA) is 66.6 Å². The zero-order valence-corrected chi connectivity index (χ0v) is 11.1. The first-order valence-corrected chi connectivity index (χ1v) is 6.39. The van der Waals surface area contributed by atoms with E-state index in [1.165, 1.54) is 0 Å². The quantitative estimate of drug-likeness (QED) is 0.823. The first-order chi connectivity index (χ1) is 9.08. The van der Waals surface area contributed by atoms with Gasteiger partial charge in [-0.2, -0.15) is 0 Å². The van der Waals surface area contributed by atoms with Gasteiger partial charge in [-0.15, -0.1) is 0 Å². The number of rotatable bonds is 3. The van der Waals surface area contributed by atoms with Gasteiger partial charge >= 0.3 is 0 Å². The van der Waals surface area contributed by atoms with Gasteiger partial charge in [0, 0.05) is 19.6 Å². The molecule has 0 aromatic heterocycles. The van der Waals surface area contributed by atoms with Crippen LogP contribution in [-0.2, 0) is 16.0 Å². The minimum absolute atomic E-state index is 0.0388. The van der Waals surface area contributed by atoms with Crippen LogP contribution in [-0.4, -0.2) is 54.3 Å². The summed E-state index contributed by atoms with van der Waals surface area (Å²) in [7, 11) is 1.93. The number of nitrogens with two attached hydrogens (primary N) is 1. The van der Waals surface area contributed by atoms with Crippen molar-refractivity contribution in [1.82, 2.24) is 9.80 Å². The summed E-state index contributed by atoms with van der Waals surface area (Å²) in [5, 5.41) is 0. The highest BCUT2D eigenvalue weighted by molar-refractivity contribution is 5.88. The smallest absolute Gasteiger partial charge is 0.241 e. The van der Waals surface area contributed by atoms with Crippen LogP contribution in [0.2, 0.25) is 0 Å². The molecule has 1 atom stereocenters. The van der Waals surface area contributed by atoms with Crippen LogP contribution in [0.1, 0.15) is 5.56 Å². The van der Waals surface area contributed by atoms with E-state index in [2.05, 4.69) is 0 Å². The molecule has 102 valence electrons. The number of hydrogen-bond donors (Lipinski definition) is 1. The normalized spacial score (nSPS) is 20.3. The van der Waals surface area contributed by atoms with Crippen molar-refractivity contribution in [3.63, 3.8) is 0 Å². The minimum atomic E-state index is -0.519. The van der Waals surface area contributed by atoms with Crippen LogP contribution in [0, 0.1) is 0 Å². The van der Waals surface area contributed by atoms with Gasteiger partial charge in [-0.25, -0.2) is 0 Å². The molecule has 0 unspecified atom stereocenters. The fraction of sp³-hybridized carbons (Fsp3) is 0.429. The van der Waals surface area contributed by atoms with Gasteiger partial charge in [0.15, 0.2) is 0 Å². The molecule has 0 spiro atoms. The molecule has 1 fully saturated rings. The third-order valence-electron chi connectivity index (χ3n) is 3.43. The Morgan fingerprint density at radius 1 is 1.26 bits per heavy atom. The first-order valence-electron chi connectivity index (χ1n) is 6.39. The third kappa shape index (κ3) is 3.32. The van der Waals surface area contributed by atoms with Crippen LogP contribution in [0.15, 0.2) is 30.3 Å². The van der Waals surface area contributed by atoms with Gasteiger partial charge in [-0.1, -0.05) is 30.3 Å². The second-order valence-corrected chi connectivity index (χ2v) is 4.93. The van der Waals surface area contributed by atoms with E-state index in [4.69, 9.17) is 5.73 Å². The van der Waals surface area contributed by atoms with Gasteiger partial charge < -0.3 is 15.5 Å². The lowest BCUT2D eigenvalue weighted by Gasteiger charge is -2.38. The van der Waals surface area contributed by atoms with Crippen molar-refractivity contribution in [3.8, 4) is 0 Å². The molecule has 5 heteroatoms. The second kappa shape index (κ2) is 5.84. The SMILES string of the molecule is CN1CCN(C(=O)Cc2ccccc2)[C@H](C(N)=O)C1. The van der Waals surface area contributed by atoms with Crippen molar-refractivity contribution in [2.24, 2.45) is 5.73 Å². The van der Waals surface area contributed by atoms with E-state index in [1.54, 1.807) is 4.90 Å². The molecule has 0 saturated carbocycles. The molecular formula is C14H19N3O2. The summed E-state index contributed by atoms with van der Waals surface area (Å²) in [6, 6.07) is 9.02. The minimum Gasteiger partial charge on any atom is -0.368 e. The highest BCUT2D eigenvalue weighted by Gasteiger charge is 2.32. The largest absolute Gasteiger partial charge is 0.368 e. The molecule has 1 aliphatic rings. The molecule has 2 N–H and O–H groups in total. The van der Waals surface area contributed by atoms with Gasteiger partial charge in [-0.3, -0.25) is 9.59 Å². The Kier molecular flexibility index (Phi) is 4.16. The van der Waals surface area contributed by atoms with Crippen LogP contribution in [0.25, 0.3) is 0 Å². The molecule has 0 bridgehead atoms. The van der Waals surface area contributed by atoms with Crippen LogP contribution >= 0.6 is 0 Å². The first kappa shape index (κ1) is 13.5. The molecular weight excluding hydrogens is 242 g/mol. The number of carbonyl (C=O) groups excluding carboxylic acids is 2. The van der Waals surface area contributed by atoms with Crippen molar-refractivity contribution in [3.05, 3.63) is 35.9 Å². The van der Waals surface area contributed by atoms with Crippen molar-refractivity contribution < 1.29 is 9.59 Å². The van der Waals surface area contributed by atoms with Gasteiger partial charge in [0.1, 0.15) is 6.04 Å². The van der Waals surface area contributed by atoms with Crippen LogP contribution < -0.4 is 5.73 Å². The highest BCUT2D eigenvalue weighted by atomic mass is 16.2. The van der Waals surface area contributed by atoms with Crippen molar-refractivity contribution in [2.45, 2.75) is 12.5 Å². The van der Waals surface area contributed by atoms with Gasteiger partial charge in [0.2, 0.25) is 11.8 Å². The lowest BCUT2D eigenvalue weighted by molar-refractivity contribution is -0.141. The van der Waals surface area contributed by atoms with E-state index >= 15 is 0 Å². The Balaban J connectivity index is 2.06. The van der Waals surface area contributed by atoms with E-state index in [9.17, 15) is 9.59 Å². The monoisotopic (exact) mass is 261 g/mol. The van der Waals surface area contributed by atoms with Crippen LogP contribution in [0.4, 0.5) is 0 Å². The number of piperazine rings is 1. The lowest BCUT2D eigenvalue weighted by Crippen LogP contribution is -2.59. The number of likely N-dealkylation sites (N-methyl/N-ethyl adjacent to an activating group) is 1. The Labute approximate surface area is 113 Å². The number of nitrogens with zero attached hydrogens (tertiary/aromatic N) is 2. The number of carbonyl (C=O) groups is 2. The standard InChI is InChI=1S/C14H19N3O2/c1-16-7-8-17(12(10-16)14(15)19)13(18)9-11-5-3-2-4-6-11/h2-6,12H,7-10H2,1H3,(H2,15,19)/t12-/m0/s1. The lowest BCUT2D eigenvalue weighted by atomic mass is 10.1. The summed E-state index contributed by atoms with van der Waals surface area (Å²) in [6.07, 6.45) is 0.314. The summed E-state index contributed by atoms with van der Waals surface area (Å²) < 4.78 is 0. The van der Waals surface area contributed by atoms with Gasteiger partial charge in [0.25, 0.3) is 0 Å². The summed E-state index contributed by atoms with van der Waals surface area (Å²) >= 11 is 0. The van der Waals surface area contributed by atoms with E-state index in [0.717, 1.165) is 12.1 Å². The molecule has 0 radical (unpaired) electrons. The summed E-state index contributed by atoms with van der Waals surface area (Å²) in [6.45, 7) is 1.83. The summed E-state index contributed by atoms with van der Waals surface area (Å²) in [4.78, 5) is 27.4.